The monoisotopic (exact) mass is 595 g/mol. The van der Waals surface area contributed by atoms with Crippen LogP contribution in [0.2, 0.25) is 0 Å². The molecule has 1 fully saturated rings. The molecule has 4 aliphatic rings. The van der Waals surface area contributed by atoms with Crippen LogP contribution in [0.5, 0.6) is 0 Å². The van der Waals surface area contributed by atoms with E-state index in [1.165, 1.54) is 24.3 Å². The predicted octanol–water partition coefficient (Wildman–Crippen LogP) is 6.13. The molecule has 1 heterocycles. The quantitative estimate of drug-likeness (QED) is 0.120. The number of Topliss-reactive ketones (excluding diaryl/α,β-unsaturated/α-hetero) is 1. The van der Waals surface area contributed by atoms with Crippen LogP contribution >= 0.6 is 23.2 Å². The molecule has 8 heteroatoms. The van der Waals surface area contributed by atoms with Crippen molar-refractivity contribution in [3.05, 3.63) is 136 Å². The maximum atomic E-state index is 14.1. The van der Waals surface area contributed by atoms with E-state index in [4.69, 9.17) is 27.9 Å². The van der Waals surface area contributed by atoms with Gasteiger partial charge in [0.15, 0.2) is 12.4 Å². The number of carbonyl (C=O) groups is 4. The van der Waals surface area contributed by atoms with E-state index in [2.05, 4.69) is 0 Å². The highest BCUT2D eigenvalue weighted by atomic mass is 35.5. The summed E-state index contributed by atoms with van der Waals surface area (Å²) in [5.74, 6) is -3.77. The Morgan fingerprint density at radius 2 is 1.12 bits per heavy atom. The van der Waals surface area contributed by atoms with Crippen molar-refractivity contribution in [2.24, 2.45) is 11.8 Å². The summed E-state index contributed by atoms with van der Waals surface area (Å²) in [6, 6.07) is 27.8. The third-order valence-corrected chi connectivity index (χ3v) is 9.94. The summed E-state index contributed by atoms with van der Waals surface area (Å²) in [4.78, 5) is 51.8. The highest BCUT2D eigenvalue weighted by Gasteiger charge is 2.73. The summed E-state index contributed by atoms with van der Waals surface area (Å²) in [5.41, 5.74) is 4.83. The number of alkyl halides is 2. The van der Waals surface area contributed by atoms with Crippen LogP contribution in [-0.4, -0.2) is 30.2 Å². The first-order chi connectivity index (χ1) is 20.2. The minimum absolute atomic E-state index is 0.175. The average molecular weight is 596 g/mol. The second kappa shape index (κ2) is 9.38. The number of rotatable bonds is 5. The van der Waals surface area contributed by atoms with E-state index in [0.29, 0.717) is 11.3 Å². The van der Waals surface area contributed by atoms with Gasteiger partial charge in [0.1, 0.15) is 9.75 Å². The smallest absolute Gasteiger partial charge is 0.338 e. The van der Waals surface area contributed by atoms with Crippen LogP contribution < -0.4 is 4.90 Å². The molecule has 0 aromatic heterocycles. The number of hydrogen-bond acceptors (Lipinski definition) is 5. The molecule has 2 atom stereocenters. The molecular formula is C34H23Cl2NO5. The lowest BCUT2D eigenvalue weighted by atomic mass is 9.54. The average Bonchev–Trinajstić information content (AvgIpc) is 3.29. The second-order valence-corrected chi connectivity index (χ2v) is 12.1. The number of hydrogen-bond donors (Lipinski definition) is 0. The predicted molar refractivity (Wildman–Crippen MR) is 158 cm³/mol. The van der Waals surface area contributed by atoms with E-state index in [0.717, 1.165) is 32.7 Å². The van der Waals surface area contributed by atoms with Gasteiger partial charge in [0.25, 0.3) is 0 Å². The highest BCUT2D eigenvalue weighted by molar-refractivity contribution is 6.38. The van der Waals surface area contributed by atoms with Gasteiger partial charge in [0, 0.05) is 5.56 Å². The Bertz CT molecular complexity index is 1690. The van der Waals surface area contributed by atoms with Crippen molar-refractivity contribution in [2.45, 2.75) is 16.7 Å². The van der Waals surface area contributed by atoms with Crippen molar-refractivity contribution in [3.8, 4) is 0 Å². The maximum absolute atomic E-state index is 14.1. The van der Waals surface area contributed by atoms with E-state index in [9.17, 15) is 19.2 Å². The van der Waals surface area contributed by atoms with Crippen molar-refractivity contribution in [1.29, 1.82) is 0 Å². The SMILES string of the molecule is Cc1ccc(C(=O)COC(=O)c2ccc(N3C(=O)[C@@H]4[C@@H](C3=O)C3(Cl)c5ccccc5C4(Cl)c4ccccc43)cc2)cc1. The molecule has 1 saturated heterocycles. The Labute approximate surface area is 251 Å². The Hall–Kier alpha value is -4.26. The number of esters is 1. The zero-order valence-electron chi connectivity index (χ0n) is 22.3. The van der Waals surface area contributed by atoms with Gasteiger partial charge in [-0.05, 0) is 53.4 Å². The second-order valence-electron chi connectivity index (χ2n) is 10.9. The van der Waals surface area contributed by atoms with Gasteiger partial charge >= 0.3 is 5.97 Å². The Balaban J connectivity index is 1.18. The number of benzene rings is 4. The Morgan fingerprint density at radius 1 is 0.690 bits per heavy atom. The van der Waals surface area contributed by atoms with Crippen LogP contribution in [0.3, 0.4) is 0 Å². The van der Waals surface area contributed by atoms with Crippen LogP contribution in [0, 0.1) is 18.8 Å². The fourth-order valence-corrected chi connectivity index (χ4v) is 7.80. The van der Waals surface area contributed by atoms with Gasteiger partial charge in [-0.15, -0.1) is 23.2 Å². The summed E-state index contributed by atoms with van der Waals surface area (Å²) < 4.78 is 5.22. The van der Waals surface area contributed by atoms with Crippen LogP contribution in [0.25, 0.3) is 0 Å². The molecule has 6 nitrogen and oxygen atoms in total. The van der Waals surface area contributed by atoms with Crippen molar-refractivity contribution in [1.82, 2.24) is 0 Å². The van der Waals surface area contributed by atoms with Crippen LogP contribution in [0.15, 0.2) is 97.1 Å². The van der Waals surface area contributed by atoms with Gasteiger partial charge < -0.3 is 4.74 Å². The van der Waals surface area contributed by atoms with Crippen molar-refractivity contribution in [2.75, 3.05) is 11.5 Å². The first-order valence-electron chi connectivity index (χ1n) is 13.5. The molecule has 0 saturated carbocycles. The molecule has 8 rings (SSSR count). The molecule has 0 radical (unpaired) electrons. The van der Waals surface area contributed by atoms with Crippen molar-refractivity contribution in [3.63, 3.8) is 0 Å². The molecule has 4 aromatic rings. The maximum Gasteiger partial charge on any atom is 0.338 e. The molecule has 2 amide bonds. The zero-order chi connectivity index (χ0) is 29.4. The van der Waals surface area contributed by atoms with E-state index >= 15 is 0 Å². The van der Waals surface area contributed by atoms with E-state index in [-0.39, 0.29) is 11.3 Å². The first kappa shape index (κ1) is 26.6. The van der Waals surface area contributed by atoms with Crippen LogP contribution in [-0.2, 0) is 24.1 Å². The van der Waals surface area contributed by atoms with Crippen LogP contribution in [0.1, 0.15) is 48.5 Å². The third kappa shape index (κ3) is 3.52. The lowest BCUT2D eigenvalue weighted by Crippen LogP contribution is -2.57. The number of amides is 2. The zero-order valence-corrected chi connectivity index (χ0v) is 23.9. The summed E-state index contributed by atoms with van der Waals surface area (Å²) in [5, 5.41) is 0. The number of anilines is 1. The van der Waals surface area contributed by atoms with Crippen LogP contribution in [0.4, 0.5) is 5.69 Å². The summed E-state index contributed by atoms with van der Waals surface area (Å²) in [7, 11) is 0. The summed E-state index contributed by atoms with van der Waals surface area (Å²) >= 11 is 14.9. The molecular weight excluding hydrogens is 573 g/mol. The summed E-state index contributed by atoms with van der Waals surface area (Å²) in [6.45, 7) is 1.51. The molecule has 1 aliphatic heterocycles. The number of imide groups is 1. The molecule has 2 bridgehead atoms. The van der Waals surface area contributed by atoms with Gasteiger partial charge in [-0.1, -0.05) is 78.4 Å². The van der Waals surface area contributed by atoms with Crippen molar-refractivity contribution >= 4 is 52.5 Å². The fourth-order valence-electron chi connectivity index (χ4n) is 6.71. The van der Waals surface area contributed by atoms with E-state index in [1.807, 2.05) is 67.6 Å². The number of halogens is 2. The number of nitrogens with zero attached hydrogens (tertiary/aromatic N) is 1. The molecule has 4 aromatic carbocycles. The Morgan fingerprint density at radius 3 is 1.57 bits per heavy atom. The van der Waals surface area contributed by atoms with Gasteiger partial charge in [-0.2, -0.15) is 0 Å². The van der Waals surface area contributed by atoms with Crippen molar-refractivity contribution < 1.29 is 23.9 Å². The Kier molecular flexibility index (Phi) is 5.95. The molecule has 42 heavy (non-hydrogen) atoms. The topological polar surface area (TPSA) is 80.8 Å². The van der Waals surface area contributed by atoms with E-state index in [1.54, 1.807) is 12.1 Å². The molecule has 208 valence electrons. The van der Waals surface area contributed by atoms with E-state index < -0.39 is 46.0 Å². The number of aryl methyl sites for hydroxylation is 1. The number of ketones is 1. The number of ether oxygens (including phenoxy) is 1. The minimum Gasteiger partial charge on any atom is -0.454 e. The van der Waals surface area contributed by atoms with Gasteiger partial charge in [0.2, 0.25) is 11.8 Å². The van der Waals surface area contributed by atoms with Gasteiger partial charge in [-0.25, -0.2) is 9.69 Å². The number of carbonyl (C=O) groups excluding carboxylic acids is 4. The lowest BCUT2D eigenvalue weighted by Gasteiger charge is -2.54. The third-order valence-electron chi connectivity index (χ3n) is 8.65. The standard InChI is InChI=1S/C34H23Cl2NO5/c1-19-10-12-20(13-11-19)27(38)18-42-32(41)21-14-16-22(17-15-21)37-30(39)28-29(31(37)40)34(36)24-7-3-2-6-23(24)33(28,35)25-8-4-5-9-26(25)34/h2-17,28-29H,18H2,1H3/t28-,29-,33?,34?/m0/s1. The molecule has 0 spiro atoms. The molecule has 3 aliphatic carbocycles. The normalized spacial score (nSPS) is 25.1. The first-order valence-corrected chi connectivity index (χ1v) is 14.3. The van der Waals surface area contributed by atoms with Gasteiger partial charge in [0.05, 0.1) is 23.1 Å². The largest absolute Gasteiger partial charge is 0.454 e. The summed E-state index contributed by atoms with van der Waals surface area (Å²) in [6.07, 6.45) is 0. The van der Waals surface area contributed by atoms with Gasteiger partial charge in [-0.3, -0.25) is 14.4 Å². The molecule has 0 N–H and O–H groups in total. The minimum atomic E-state index is -1.27. The lowest BCUT2D eigenvalue weighted by molar-refractivity contribution is -0.122. The fraction of sp³-hybridized carbons (Fsp3) is 0.176. The molecule has 0 unspecified atom stereocenters. The highest BCUT2D eigenvalue weighted by Crippen LogP contribution is 2.69.